The molecule has 0 heterocycles. The Hall–Kier alpha value is -1.84. The molecule has 3 heteroatoms. The molecule has 1 aliphatic rings. The molecule has 1 unspecified atom stereocenters. The highest BCUT2D eigenvalue weighted by Crippen LogP contribution is 2.25. The molecule has 1 aromatic rings. The Balaban J connectivity index is 2.25. The number of benzene rings is 1. The summed E-state index contributed by atoms with van der Waals surface area (Å²) < 4.78 is 0. The molecule has 1 fully saturated rings. The van der Waals surface area contributed by atoms with E-state index in [0.29, 0.717) is 11.6 Å². The molecular weight excluding hydrogens is 186 g/mol. The summed E-state index contributed by atoms with van der Waals surface area (Å²) in [5, 5.41) is 21.2. The first kappa shape index (κ1) is 9.71. The fourth-order valence-electron chi connectivity index (χ4n) is 1.53. The van der Waals surface area contributed by atoms with Crippen molar-refractivity contribution in [3.05, 3.63) is 35.4 Å². The number of nitrogens with one attached hydrogen (secondary N) is 1. The van der Waals surface area contributed by atoms with Crippen molar-refractivity contribution in [3.63, 3.8) is 0 Å². The van der Waals surface area contributed by atoms with Crippen LogP contribution in [-0.2, 0) is 0 Å². The average Bonchev–Trinajstić information content (AvgIpc) is 3.10. The summed E-state index contributed by atoms with van der Waals surface area (Å²) in [5.74, 6) is 0. The monoisotopic (exact) mass is 197 g/mol. The van der Waals surface area contributed by atoms with Gasteiger partial charge in [0.2, 0.25) is 0 Å². The van der Waals surface area contributed by atoms with Crippen LogP contribution in [0.15, 0.2) is 24.3 Å². The van der Waals surface area contributed by atoms with E-state index >= 15 is 0 Å². The fraction of sp³-hybridized carbons (Fsp3) is 0.333. The van der Waals surface area contributed by atoms with Crippen LogP contribution >= 0.6 is 0 Å². The Morgan fingerprint density at radius 1 is 1.27 bits per heavy atom. The van der Waals surface area contributed by atoms with E-state index in [0.717, 1.165) is 18.4 Å². The molecule has 0 radical (unpaired) electrons. The molecule has 2 rings (SSSR count). The Labute approximate surface area is 89.0 Å². The predicted molar refractivity (Wildman–Crippen MR) is 55.7 cm³/mol. The standard InChI is InChI=1S/C12H11N3/c13-7-9-3-1-2-4-11(9)12(8-14)15-10-5-6-10/h1-4,10,12,15H,5-6H2. The van der Waals surface area contributed by atoms with Gasteiger partial charge in [-0.1, -0.05) is 18.2 Å². The van der Waals surface area contributed by atoms with Gasteiger partial charge < -0.3 is 0 Å². The van der Waals surface area contributed by atoms with E-state index in [9.17, 15) is 0 Å². The van der Waals surface area contributed by atoms with Gasteiger partial charge in [0.1, 0.15) is 6.04 Å². The number of hydrogen-bond acceptors (Lipinski definition) is 3. The molecule has 1 saturated carbocycles. The van der Waals surface area contributed by atoms with Crippen molar-refractivity contribution in [2.45, 2.75) is 24.9 Å². The molecular formula is C12H11N3. The predicted octanol–water partition coefficient (Wildman–Crippen LogP) is 1.87. The van der Waals surface area contributed by atoms with E-state index in [1.165, 1.54) is 0 Å². The number of rotatable bonds is 3. The molecule has 0 spiro atoms. The first-order chi connectivity index (χ1) is 7.35. The van der Waals surface area contributed by atoms with Crippen LogP contribution in [0.4, 0.5) is 0 Å². The lowest BCUT2D eigenvalue weighted by Crippen LogP contribution is -2.22. The zero-order chi connectivity index (χ0) is 10.7. The summed E-state index contributed by atoms with van der Waals surface area (Å²) >= 11 is 0. The van der Waals surface area contributed by atoms with Crippen LogP contribution in [0, 0.1) is 22.7 Å². The summed E-state index contributed by atoms with van der Waals surface area (Å²) in [7, 11) is 0. The van der Waals surface area contributed by atoms with Crippen molar-refractivity contribution in [2.75, 3.05) is 0 Å². The first-order valence-electron chi connectivity index (χ1n) is 5.00. The lowest BCUT2D eigenvalue weighted by atomic mass is 10.0. The van der Waals surface area contributed by atoms with Crippen molar-refractivity contribution in [1.82, 2.24) is 5.32 Å². The van der Waals surface area contributed by atoms with E-state index in [1.54, 1.807) is 6.07 Å². The van der Waals surface area contributed by atoms with Gasteiger partial charge in [-0.3, -0.25) is 5.32 Å². The van der Waals surface area contributed by atoms with Gasteiger partial charge in [0.25, 0.3) is 0 Å². The topological polar surface area (TPSA) is 59.6 Å². The summed E-state index contributed by atoms with van der Waals surface area (Å²) in [6.45, 7) is 0. The van der Waals surface area contributed by atoms with E-state index in [4.69, 9.17) is 10.5 Å². The second-order valence-corrected chi connectivity index (χ2v) is 3.70. The Morgan fingerprint density at radius 3 is 2.60 bits per heavy atom. The number of hydrogen-bond donors (Lipinski definition) is 1. The summed E-state index contributed by atoms with van der Waals surface area (Å²) in [4.78, 5) is 0. The molecule has 1 aromatic carbocycles. The van der Waals surface area contributed by atoms with E-state index in [2.05, 4.69) is 17.5 Å². The molecule has 1 N–H and O–H groups in total. The second-order valence-electron chi connectivity index (χ2n) is 3.70. The van der Waals surface area contributed by atoms with Crippen molar-refractivity contribution < 1.29 is 0 Å². The van der Waals surface area contributed by atoms with Gasteiger partial charge in [0, 0.05) is 11.6 Å². The van der Waals surface area contributed by atoms with Crippen molar-refractivity contribution in [1.29, 1.82) is 10.5 Å². The van der Waals surface area contributed by atoms with Gasteiger partial charge in [0.05, 0.1) is 17.7 Å². The van der Waals surface area contributed by atoms with Crippen molar-refractivity contribution >= 4 is 0 Å². The molecule has 1 atom stereocenters. The van der Waals surface area contributed by atoms with E-state index < -0.39 is 0 Å². The third-order valence-corrected chi connectivity index (χ3v) is 2.50. The average molecular weight is 197 g/mol. The third kappa shape index (κ3) is 2.15. The van der Waals surface area contributed by atoms with Crippen molar-refractivity contribution in [3.8, 4) is 12.1 Å². The molecule has 0 bridgehead atoms. The van der Waals surface area contributed by atoms with Crippen LogP contribution in [0.1, 0.15) is 30.0 Å². The molecule has 15 heavy (non-hydrogen) atoms. The number of nitriles is 2. The lowest BCUT2D eigenvalue weighted by molar-refractivity contribution is 0.625. The minimum absolute atomic E-state index is 0.353. The molecule has 1 aliphatic carbocycles. The maximum Gasteiger partial charge on any atom is 0.122 e. The van der Waals surface area contributed by atoms with Gasteiger partial charge >= 0.3 is 0 Å². The maximum atomic E-state index is 9.05. The molecule has 0 saturated heterocycles. The highest BCUT2D eigenvalue weighted by Gasteiger charge is 2.26. The molecule has 0 aliphatic heterocycles. The minimum atomic E-state index is -0.353. The Kier molecular flexibility index (Phi) is 2.67. The molecule has 74 valence electrons. The highest BCUT2D eigenvalue weighted by atomic mass is 15.0. The van der Waals surface area contributed by atoms with E-state index in [-0.39, 0.29) is 6.04 Å². The lowest BCUT2D eigenvalue weighted by Gasteiger charge is -2.11. The van der Waals surface area contributed by atoms with Gasteiger partial charge in [-0.25, -0.2) is 0 Å². The largest absolute Gasteiger partial charge is 0.295 e. The fourth-order valence-corrected chi connectivity index (χ4v) is 1.53. The van der Waals surface area contributed by atoms with Gasteiger partial charge in [-0.2, -0.15) is 10.5 Å². The Bertz CT molecular complexity index is 435. The highest BCUT2D eigenvalue weighted by molar-refractivity contribution is 5.41. The zero-order valence-electron chi connectivity index (χ0n) is 8.27. The number of nitrogens with zero attached hydrogens (tertiary/aromatic N) is 2. The van der Waals surface area contributed by atoms with Crippen molar-refractivity contribution in [2.24, 2.45) is 0 Å². The van der Waals surface area contributed by atoms with Crippen LogP contribution in [-0.4, -0.2) is 6.04 Å². The van der Waals surface area contributed by atoms with Crippen LogP contribution < -0.4 is 5.32 Å². The Morgan fingerprint density at radius 2 is 2.00 bits per heavy atom. The normalized spacial score (nSPS) is 16.4. The minimum Gasteiger partial charge on any atom is -0.295 e. The molecule has 0 amide bonds. The van der Waals surface area contributed by atoms with E-state index in [1.807, 2.05) is 18.2 Å². The maximum absolute atomic E-state index is 9.05. The summed E-state index contributed by atoms with van der Waals surface area (Å²) in [5.41, 5.74) is 1.37. The second kappa shape index (κ2) is 4.13. The summed E-state index contributed by atoms with van der Waals surface area (Å²) in [6, 6.07) is 11.7. The smallest absolute Gasteiger partial charge is 0.122 e. The quantitative estimate of drug-likeness (QED) is 0.804. The van der Waals surface area contributed by atoms with Crippen LogP contribution in [0.2, 0.25) is 0 Å². The summed E-state index contributed by atoms with van der Waals surface area (Å²) in [6.07, 6.45) is 2.26. The SMILES string of the molecule is N#Cc1ccccc1C(C#N)NC1CC1. The molecule has 3 nitrogen and oxygen atoms in total. The zero-order valence-corrected chi connectivity index (χ0v) is 8.27. The first-order valence-corrected chi connectivity index (χ1v) is 5.00. The van der Waals surface area contributed by atoms with Crippen LogP contribution in [0.3, 0.4) is 0 Å². The molecule has 0 aromatic heterocycles. The van der Waals surface area contributed by atoms with Gasteiger partial charge in [-0.05, 0) is 18.9 Å². The third-order valence-electron chi connectivity index (χ3n) is 2.50. The van der Waals surface area contributed by atoms with Gasteiger partial charge in [-0.15, -0.1) is 0 Å². The van der Waals surface area contributed by atoms with Gasteiger partial charge in [0.15, 0.2) is 0 Å². The van der Waals surface area contributed by atoms with Crippen LogP contribution in [0.5, 0.6) is 0 Å². The van der Waals surface area contributed by atoms with Crippen LogP contribution in [0.25, 0.3) is 0 Å².